The molecule has 1 rings (SSSR count). The van der Waals surface area contributed by atoms with Crippen molar-refractivity contribution in [1.82, 2.24) is 9.55 Å². The molecular weight excluding hydrogens is 253 g/mol. The largest absolute Gasteiger partial charge is 0.391 e. The molecule has 1 heterocycles. The second-order valence-electron chi connectivity index (χ2n) is 3.94. The molecule has 9 heteroatoms. The summed E-state index contributed by atoms with van der Waals surface area (Å²) in [4.78, 5) is 24.5. The third kappa shape index (κ3) is 3.28. The quantitative estimate of drug-likeness (QED) is 0.738. The molecule has 1 unspecified atom stereocenters. The first-order chi connectivity index (χ1) is 8.11. The number of hydrogen-bond donors (Lipinski definition) is 3. The van der Waals surface area contributed by atoms with Gasteiger partial charge in [-0.3, -0.25) is 14.3 Å². The first kappa shape index (κ1) is 14.1. The van der Waals surface area contributed by atoms with Gasteiger partial charge in [0, 0.05) is 13.1 Å². The van der Waals surface area contributed by atoms with Crippen LogP contribution in [0.4, 0.5) is 24.7 Å². The zero-order chi connectivity index (χ0) is 14.1. The summed E-state index contributed by atoms with van der Waals surface area (Å²) in [6, 6.07) is -1.04. The van der Waals surface area contributed by atoms with Gasteiger partial charge >= 0.3 is 11.9 Å². The molecule has 0 spiro atoms. The Bertz CT molecular complexity index is 546. The number of alkyl halides is 3. The highest BCUT2D eigenvalue weighted by molar-refractivity contribution is 5.60. The van der Waals surface area contributed by atoms with Crippen molar-refractivity contribution in [2.24, 2.45) is 7.05 Å². The molecule has 0 aliphatic heterocycles. The fourth-order valence-electron chi connectivity index (χ4n) is 1.42. The lowest BCUT2D eigenvalue weighted by atomic mass is 10.2. The van der Waals surface area contributed by atoms with Crippen LogP contribution in [0.25, 0.3) is 0 Å². The minimum Gasteiger partial charge on any atom is -0.383 e. The summed E-state index contributed by atoms with van der Waals surface area (Å²) in [7, 11) is 1.30. The number of aromatic amines is 1. The van der Waals surface area contributed by atoms with Crippen LogP contribution in [0.1, 0.15) is 13.3 Å². The third-order valence-electron chi connectivity index (χ3n) is 2.30. The van der Waals surface area contributed by atoms with E-state index in [9.17, 15) is 22.8 Å². The molecule has 1 aromatic heterocycles. The zero-order valence-electron chi connectivity index (χ0n) is 9.76. The Morgan fingerprint density at radius 1 is 1.44 bits per heavy atom. The summed E-state index contributed by atoms with van der Waals surface area (Å²) < 4.78 is 37.4. The van der Waals surface area contributed by atoms with Crippen LogP contribution in [0.2, 0.25) is 0 Å². The van der Waals surface area contributed by atoms with Crippen molar-refractivity contribution in [2.45, 2.75) is 25.6 Å². The molecule has 1 atom stereocenters. The number of anilines is 2. The highest BCUT2D eigenvalue weighted by Crippen LogP contribution is 2.23. The summed E-state index contributed by atoms with van der Waals surface area (Å²) >= 11 is 0. The molecular formula is C9H13F3N4O2. The molecule has 0 amide bonds. The summed E-state index contributed by atoms with van der Waals surface area (Å²) in [6.07, 6.45) is -5.47. The molecule has 0 fully saturated rings. The van der Waals surface area contributed by atoms with E-state index in [4.69, 9.17) is 5.73 Å². The monoisotopic (exact) mass is 266 g/mol. The predicted molar refractivity (Wildman–Crippen MR) is 60.5 cm³/mol. The lowest BCUT2D eigenvalue weighted by Gasteiger charge is -2.18. The molecule has 6 nitrogen and oxygen atoms in total. The normalized spacial score (nSPS) is 13.4. The Morgan fingerprint density at radius 3 is 2.50 bits per heavy atom. The fourth-order valence-corrected chi connectivity index (χ4v) is 1.42. The molecule has 0 aromatic carbocycles. The maximum absolute atomic E-state index is 12.1. The molecule has 0 bridgehead atoms. The Hall–Kier alpha value is -1.93. The van der Waals surface area contributed by atoms with Gasteiger partial charge in [-0.1, -0.05) is 0 Å². The number of aromatic nitrogens is 2. The molecule has 18 heavy (non-hydrogen) atoms. The SMILES string of the molecule is CC(CC(F)(F)F)Nc1c(N)n(C)c(=O)[nH]c1=O. The summed E-state index contributed by atoms with van der Waals surface area (Å²) in [5.41, 5.74) is 3.68. The molecule has 0 aliphatic rings. The molecule has 0 saturated heterocycles. The second kappa shape index (κ2) is 4.75. The van der Waals surface area contributed by atoms with Crippen LogP contribution in [-0.4, -0.2) is 21.8 Å². The Labute approximate surface area is 99.6 Å². The second-order valence-corrected chi connectivity index (χ2v) is 3.94. The summed E-state index contributed by atoms with van der Waals surface area (Å²) in [6.45, 7) is 1.26. The average Bonchev–Trinajstić information content (AvgIpc) is 2.19. The zero-order valence-corrected chi connectivity index (χ0v) is 9.76. The van der Waals surface area contributed by atoms with Crippen molar-refractivity contribution in [2.75, 3.05) is 11.1 Å². The topological polar surface area (TPSA) is 92.9 Å². The molecule has 0 aliphatic carbocycles. The average molecular weight is 266 g/mol. The number of halogens is 3. The first-order valence-electron chi connectivity index (χ1n) is 5.04. The van der Waals surface area contributed by atoms with E-state index in [1.807, 2.05) is 4.98 Å². The van der Waals surface area contributed by atoms with E-state index in [0.717, 1.165) is 4.57 Å². The van der Waals surface area contributed by atoms with Gasteiger partial charge in [-0.2, -0.15) is 13.2 Å². The number of nitrogens with two attached hydrogens (primary N) is 1. The lowest BCUT2D eigenvalue weighted by molar-refractivity contribution is -0.136. The van der Waals surface area contributed by atoms with Crippen molar-refractivity contribution in [3.05, 3.63) is 20.8 Å². The Balaban J connectivity index is 3.03. The van der Waals surface area contributed by atoms with Crippen molar-refractivity contribution < 1.29 is 13.2 Å². The number of nitrogen functional groups attached to an aromatic ring is 1. The van der Waals surface area contributed by atoms with E-state index in [1.165, 1.54) is 14.0 Å². The number of nitrogens with zero attached hydrogens (tertiary/aromatic N) is 1. The Morgan fingerprint density at radius 2 is 2.00 bits per heavy atom. The van der Waals surface area contributed by atoms with Gasteiger partial charge in [-0.25, -0.2) is 4.79 Å². The number of nitrogens with one attached hydrogen (secondary N) is 2. The lowest BCUT2D eigenvalue weighted by Crippen LogP contribution is -2.35. The van der Waals surface area contributed by atoms with Crippen LogP contribution in [-0.2, 0) is 7.05 Å². The maximum atomic E-state index is 12.1. The molecule has 0 saturated carbocycles. The van der Waals surface area contributed by atoms with E-state index in [2.05, 4.69) is 5.32 Å². The van der Waals surface area contributed by atoms with Crippen LogP contribution in [0, 0.1) is 0 Å². The van der Waals surface area contributed by atoms with Crippen molar-refractivity contribution in [3.8, 4) is 0 Å². The Kier molecular flexibility index (Phi) is 3.73. The molecule has 1 aromatic rings. The van der Waals surface area contributed by atoms with Crippen LogP contribution in [0.5, 0.6) is 0 Å². The van der Waals surface area contributed by atoms with Crippen molar-refractivity contribution >= 4 is 11.5 Å². The van der Waals surface area contributed by atoms with E-state index >= 15 is 0 Å². The van der Waals surface area contributed by atoms with Gasteiger partial charge < -0.3 is 11.1 Å². The number of H-pyrrole nitrogens is 1. The summed E-state index contributed by atoms with van der Waals surface area (Å²) in [5, 5.41) is 2.35. The van der Waals surface area contributed by atoms with Gasteiger partial charge in [-0.05, 0) is 6.92 Å². The van der Waals surface area contributed by atoms with Gasteiger partial charge in [0.25, 0.3) is 5.56 Å². The standard InChI is InChI=1S/C9H13F3N4O2/c1-4(3-9(10,11)12)14-5-6(13)16(2)8(18)15-7(5)17/h4,14H,3,13H2,1-2H3,(H,15,17,18). The van der Waals surface area contributed by atoms with Crippen LogP contribution >= 0.6 is 0 Å². The fraction of sp³-hybridized carbons (Fsp3) is 0.556. The van der Waals surface area contributed by atoms with E-state index in [1.54, 1.807) is 0 Å². The molecule has 102 valence electrons. The van der Waals surface area contributed by atoms with E-state index in [-0.39, 0.29) is 11.5 Å². The molecule has 0 radical (unpaired) electrons. The third-order valence-corrected chi connectivity index (χ3v) is 2.30. The van der Waals surface area contributed by atoms with Crippen molar-refractivity contribution in [3.63, 3.8) is 0 Å². The molecule has 4 N–H and O–H groups in total. The number of rotatable bonds is 3. The van der Waals surface area contributed by atoms with Gasteiger partial charge in [-0.15, -0.1) is 0 Å². The first-order valence-corrected chi connectivity index (χ1v) is 5.04. The smallest absolute Gasteiger partial charge is 0.383 e. The minimum atomic E-state index is -4.35. The van der Waals surface area contributed by atoms with Gasteiger partial charge in [0.05, 0.1) is 6.42 Å². The van der Waals surface area contributed by atoms with Crippen LogP contribution in [0.3, 0.4) is 0 Å². The van der Waals surface area contributed by atoms with Crippen molar-refractivity contribution in [1.29, 1.82) is 0 Å². The summed E-state index contributed by atoms with van der Waals surface area (Å²) in [5.74, 6) is -0.210. The van der Waals surface area contributed by atoms with Crippen LogP contribution < -0.4 is 22.3 Å². The van der Waals surface area contributed by atoms with E-state index in [0.29, 0.717) is 0 Å². The van der Waals surface area contributed by atoms with E-state index < -0.39 is 29.9 Å². The minimum absolute atomic E-state index is 0.210. The van der Waals surface area contributed by atoms with Gasteiger partial charge in [0.2, 0.25) is 0 Å². The highest BCUT2D eigenvalue weighted by atomic mass is 19.4. The highest BCUT2D eigenvalue weighted by Gasteiger charge is 2.30. The van der Waals surface area contributed by atoms with Crippen LogP contribution in [0.15, 0.2) is 9.59 Å². The number of hydrogen-bond acceptors (Lipinski definition) is 4. The van der Waals surface area contributed by atoms with Gasteiger partial charge in [0.1, 0.15) is 11.5 Å². The predicted octanol–water partition coefficient (Wildman–Crippen LogP) is 0.409. The van der Waals surface area contributed by atoms with Gasteiger partial charge in [0.15, 0.2) is 0 Å². The maximum Gasteiger partial charge on any atom is 0.391 e.